The van der Waals surface area contributed by atoms with Crippen LogP contribution in [-0.4, -0.2) is 45.2 Å². The summed E-state index contributed by atoms with van der Waals surface area (Å²) in [5.41, 5.74) is 4.29. The summed E-state index contributed by atoms with van der Waals surface area (Å²) in [7, 11) is -0.346. The predicted octanol–water partition coefficient (Wildman–Crippen LogP) is 5.98. The summed E-state index contributed by atoms with van der Waals surface area (Å²) in [5.74, 6) is 2.44. The molecule has 0 unspecified atom stereocenters. The molecule has 1 aliphatic rings. The Morgan fingerprint density at radius 3 is 2.28 bits per heavy atom. The minimum absolute atomic E-state index is 0. The zero-order chi connectivity index (χ0) is 29.2. The molecule has 6 nitrogen and oxygen atoms in total. The fourth-order valence-electron chi connectivity index (χ4n) is 5.70. The topological polar surface area (TPSA) is 49.6 Å². The van der Waals surface area contributed by atoms with Gasteiger partial charge in [-0.2, -0.15) is 39.6 Å². The Morgan fingerprint density at radius 2 is 1.53 bits per heavy atom. The zero-order valence-electron chi connectivity index (χ0n) is 25.1. The van der Waals surface area contributed by atoms with Crippen LogP contribution < -0.4 is 14.9 Å². The molecule has 1 aliphatic heterocycles. The van der Waals surface area contributed by atoms with Crippen LogP contribution >= 0.6 is 0 Å². The number of hydrogen-bond donors (Lipinski definition) is 0. The van der Waals surface area contributed by atoms with Gasteiger partial charge in [-0.25, -0.2) is 4.98 Å². The van der Waals surface area contributed by atoms with E-state index in [1.807, 2.05) is 34.5 Å². The molecule has 8 heteroatoms. The SMILES string of the molecule is C[N+]1=C=[N+](c2[c-]c([Si](C)(C)c3[c-]c4c(cc3)c3ccccc3n4-c3ccccn3)cc(C(C)(C)C)c2)c2nccnc21.[Pt+2]. The van der Waals surface area contributed by atoms with Gasteiger partial charge in [-0.05, 0) is 29.0 Å². The van der Waals surface area contributed by atoms with Crippen LogP contribution in [0.15, 0.2) is 85.3 Å². The van der Waals surface area contributed by atoms with E-state index in [9.17, 15) is 0 Å². The number of rotatable bonds is 4. The van der Waals surface area contributed by atoms with Crippen molar-refractivity contribution in [2.24, 2.45) is 0 Å². The van der Waals surface area contributed by atoms with Crippen molar-refractivity contribution < 1.29 is 25.6 Å². The van der Waals surface area contributed by atoms with Crippen LogP contribution in [-0.2, 0) is 26.5 Å². The Bertz CT molecular complexity index is 2100. The smallest absolute Gasteiger partial charge is 0.319 e. The van der Waals surface area contributed by atoms with E-state index >= 15 is 0 Å². The molecule has 0 atom stereocenters. The van der Waals surface area contributed by atoms with E-state index in [0.717, 1.165) is 34.2 Å². The van der Waals surface area contributed by atoms with Crippen molar-refractivity contribution in [1.29, 1.82) is 0 Å². The zero-order valence-corrected chi connectivity index (χ0v) is 28.4. The first-order chi connectivity index (χ1) is 20.1. The van der Waals surface area contributed by atoms with Crippen LogP contribution in [0, 0.1) is 12.1 Å². The molecule has 0 radical (unpaired) electrons. The third kappa shape index (κ3) is 4.82. The predicted molar refractivity (Wildman–Crippen MR) is 172 cm³/mol. The average molecular weight is 760 g/mol. The Kier molecular flexibility index (Phi) is 7.17. The van der Waals surface area contributed by atoms with Gasteiger partial charge < -0.3 is 4.57 Å². The molecule has 0 fully saturated rings. The maximum atomic E-state index is 4.71. The van der Waals surface area contributed by atoms with Crippen molar-refractivity contribution in [1.82, 2.24) is 24.1 Å². The van der Waals surface area contributed by atoms with E-state index in [0.29, 0.717) is 0 Å². The van der Waals surface area contributed by atoms with Crippen molar-refractivity contribution in [3.05, 3.63) is 103 Å². The first-order valence-corrected chi connectivity index (χ1v) is 17.2. The standard InChI is InChI=1S/C35H32N6Si.Pt/c1-35(2,3)24-19-25(40-23-39(4)33-34(40)38-18-17-37-33)21-27(20-24)42(5,6)26-14-15-29-28-11-7-8-12-30(28)41(31(29)22-26)32-13-9-10-16-36-32;/h7-20H,1-6H3;/q;+2. The molecular formula is C35H32N6PtSi+2. The van der Waals surface area contributed by atoms with Crippen LogP contribution in [0.5, 0.6) is 0 Å². The molecule has 3 aromatic carbocycles. The van der Waals surface area contributed by atoms with E-state index in [1.54, 1.807) is 12.4 Å². The van der Waals surface area contributed by atoms with E-state index < -0.39 is 8.07 Å². The van der Waals surface area contributed by atoms with Gasteiger partial charge in [0.1, 0.15) is 12.9 Å². The molecule has 0 amide bonds. The quantitative estimate of drug-likeness (QED) is 0.126. The summed E-state index contributed by atoms with van der Waals surface area (Å²) >= 11 is 0. The summed E-state index contributed by atoms with van der Waals surface area (Å²) in [6.07, 6.45) is 5.29. The minimum atomic E-state index is -2.30. The second-order valence-electron chi connectivity index (χ2n) is 12.4. The van der Waals surface area contributed by atoms with Crippen LogP contribution in [0.1, 0.15) is 26.3 Å². The second-order valence-corrected chi connectivity index (χ2v) is 16.7. The molecule has 4 heterocycles. The number of aromatic nitrogens is 4. The number of fused-ring (bicyclic) bond motifs is 4. The fourth-order valence-corrected chi connectivity index (χ4v) is 7.88. The Hall–Kier alpha value is -4.02. The average Bonchev–Trinajstić information content (AvgIpc) is 3.51. The van der Waals surface area contributed by atoms with Gasteiger partial charge in [-0.15, -0.1) is 32.2 Å². The molecule has 214 valence electrons. The number of para-hydroxylation sites is 1. The van der Waals surface area contributed by atoms with E-state index in [-0.39, 0.29) is 26.5 Å². The van der Waals surface area contributed by atoms with Gasteiger partial charge >= 0.3 is 38.7 Å². The van der Waals surface area contributed by atoms with Gasteiger partial charge in [-0.3, -0.25) is 0 Å². The van der Waals surface area contributed by atoms with Crippen molar-refractivity contribution in [3.8, 4) is 5.82 Å². The van der Waals surface area contributed by atoms with Gasteiger partial charge in [0.2, 0.25) is 0 Å². The molecule has 0 bridgehead atoms. The Balaban J connectivity index is 0.00000329. The van der Waals surface area contributed by atoms with Crippen molar-refractivity contribution >= 4 is 63.6 Å². The van der Waals surface area contributed by atoms with Crippen molar-refractivity contribution in [2.45, 2.75) is 39.3 Å². The Morgan fingerprint density at radius 1 is 0.791 bits per heavy atom. The second kappa shape index (κ2) is 10.6. The van der Waals surface area contributed by atoms with Crippen LogP contribution in [0.3, 0.4) is 0 Å². The van der Waals surface area contributed by atoms with E-state index in [2.05, 4.69) is 121 Å². The number of hydrogen-bond acceptors (Lipinski definition) is 3. The molecule has 6 aromatic rings. The molecule has 0 spiro atoms. The van der Waals surface area contributed by atoms with Crippen LogP contribution in [0.4, 0.5) is 17.3 Å². The first kappa shape index (κ1) is 29.1. The molecule has 0 saturated heterocycles. The summed E-state index contributed by atoms with van der Waals surface area (Å²) in [5, 5.41) is 4.81. The summed E-state index contributed by atoms with van der Waals surface area (Å²) < 4.78 is 6.11. The fraction of sp³-hybridized carbons (Fsp3) is 0.200. The van der Waals surface area contributed by atoms with Gasteiger partial charge in [0.05, 0.1) is 20.0 Å². The third-order valence-corrected chi connectivity index (χ3v) is 11.5. The molecular weight excluding hydrogens is 728 g/mol. The number of nitrogens with zero attached hydrogens (tertiary/aromatic N) is 6. The summed E-state index contributed by atoms with van der Waals surface area (Å²) in [4.78, 5) is 13.9. The maximum absolute atomic E-state index is 4.71. The largest absolute Gasteiger partial charge is 2.00 e. The van der Waals surface area contributed by atoms with Gasteiger partial charge in [0, 0.05) is 16.7 Å². The van der Waals surface area contributed by atoms with Crippen molar-refractivity contribution in [2.75, 3.05) is 7.05 Å². The molecule has 3 aromatic heterocycles. The normalized spacial score (nSPS) is 13.1. The molecule has 0 aliphatic carbocycles. The van der Waals surface area contributed by atoms with Crippen LogP contribution in [0.25, 0.3) is 27.6 Å². The molecule has 43 heavy (non-hydrogen) atoms. The molecule has 0 N–H and O–H groups in total. The number of pyridine rings is 1. The van der Waals surface area contributed by atoms with Gasteiger partial charge in [0.15, 0.2) is 6.20 Å². The van der Waals surface area contributed by atoms with E-state index in [1.165, 1.54) is 26.7 Å². The van der Waals surface area contributed by atoms with Crippen LogP contribution in [0.2, 0.25) is 13.1 Å². The van der Waals surface area contributed by atoms with E-state index in [4.69, 9.17) is 4.98 Å². The maximum Gasteiger partial charge on any atom is 2.00 e. The van der Waals surface area contributed by atoms with Crippen molar-refractivity contribution in [3.63, 3.8) is 0 Å². The third-order valence-electron chi connectivity index (χ3n) is 8.21. The van der Waals surface area contributed by atoms with Gasteiger partial charge in [0.25, 0.3) is 0 Å². The summed E-state index contributed by atoms with van der Waals surface area (Å²) in [6.45, 7) is 11.5. The summed E-state index contributed by atoms with van der Waals surface area (Å²) in [6, 6.07) is 34.8. The molecule has 0 saturated carbocycles. The molecule has 7 rings (SSSR count). The Labute approximate surface area is 267 Å². The number of benzene rings is 3. The monoisotopic (exact) mass is 759 g/mol. The van der Waals surface area contributed by atoms with Gasteiger partial charge in [-0.1, -0.05) is 63.6 Å². The first-order valence-electron chi connectivity index (χ1n) is 14.2. The minimum Gasteiger partial charge on any atom is -0.319 e.